The molecule has 1 unspecified atom stereocenters. The summed E-state index contributed by atoms with van der Waals surface area (Å²) in [7, 11) is 1.71. The Hall–Kier alpha value is -1.51. The Bertz CT molecular complexity index is 598. The molecule has 0 fully saturated rings. The molecule has 112 valence electrons. The molecule has 0 amide bonds. The van der Waals surface area contributed by atoms with E-state index in [0.29, 0.717) is 0 Å². The number of ether oxygens (including phenoxy) is 1. The minimum absolute atomic E-state index is 0.226. The molecule has 2 rings (SSSR count). The molecule has 2 aromatic carbocycles. The normalized spacial score (nSPS) is 12.2. The molecule has 0 aliphatic rings. The average Bonchev–Trinajstić information content (AvgIpc) is 2.49. The van der Waals surface area contributed by atoms with Crippen LogP contribution in [0.2, 0.25) is 5.02 Å². The van der Waals surface area contributed by atoms with Gasteiger partial charge in [0.1, 0.15) is 5.75 Å². The molecule has 0 heterocycles. The van der Waals surface area contributed by atoms with Gasteiger partial charge in [-0.1, -0.05) is 48.9 Å². The first-order valence-electron chi connectivity index (χ1n) is 7.27. The summed E-state index contributed by atoms with van der Waals surface area (Å²) in [5.74, 6) is 0.926. The Morgan fingerprint density at radius 3 is 2.62 bits per heavy atom. The Morgan fingerprint density at radius 1 is 1.19 bits per heavy atom. The number of halogens is 1. The van der Waals surface area contributed by atoms with Gasteiger partial charge in [-0.05, 0) is 48.7 Å². The molecule has 1 atom stereocenters. The van der Waals surface area contributed by atoms with Gasteiger partial charge in [0.25, 0.3) is 0 Å². The number of likely N-dealkylation sites (N-methyl/N-ethyl adjacent to an activating group) is 1. The summed E-state index contributed by atoms with van der Waals surface area (Å²) in [6, 6.07) is 14.6. The van der Waals surface area contributed by atoms with Crippen molar-refractivity contribution in [3.05, 3.63) is 64.2 Å². The number of aryl methyl sites for hydroxylation is 1. The van der Waals surface area contributed by atoms with Crippen LogP contribution in [0.4, 0.5) is 0 Å². The summed E-state index contributed by atoms with van der Waals surface area (Å²) in [5, 5.41) is 4.35. The molecule has 0 saturated carbocycles. The van der Waals surface area contributed by atoms with E-state index in [2.05, 4.69) is 43.4 Å². The van der Waals surface area contributed by atoms with Crippen LogP contribution in [0.25, 0.3) is 0 Å². The minimum Gasteiger partial charge on any atom is -0.496 e. The van der Waals surface area contributed by atoms with Crippen LogP contribution in [0, 0.1) is 6.92 Å². The van der Waals surface area contributed by atoms with Crippen molar-refractivity contribution in [1.82, 2.24) is 5.32 Å². The van der Waals surface area contributed by atoms with E-state index in [1.165, 1.54) is 5.56 Å². The van der Waals surface area contributed by atoms with Crippen molar-refractivity contribution in [2.24, 2.45) is 0 Å². The smallest absolute Gasteiger partial charge is 0.122 e. The fourth-order valence-corrected chi connectivity index (χ4v) is 2.70. The highest BCUT2D eigenvalue weighted by molar-refractivity contribution is 6.31. The van der Waals surface area contributed by atoms with E-state index in [1.54, 1.807) is 7.11 Å². The topological polar surface area (TPSA) is 21.3 Å². The number of hydrogen-bond acceptors (Lipinski definition) is 2. The Morgan fingerprint density at radius 2 is 1.95 bits per heavy atom. The van der Waals surface area contributed by atoms with Gasteiger partial charge >= 0.3 is 0 Å². The van der Waals surface area contributed by atoms with Crippen LogP contribution in [-0.4, -0.2) is 13.7 Å². The van der Waals surface area contributed by atoms with Crippen LogP contribution in [0.5, 0.6) is 5.75 Å². The Kier molecular flexibility index (Phi) is 5.66. The lowest BCUT2D eigenvalue weighted by Gasteiger charge is -2.20. The van der Waals surface area contributed by atoms with Crippen molar-refractivity contribution in [1.29, 1.82) is 0 Å². The van der Waals surface area contributed by atoms with Gasteiger partial charge in [0, 0.05) is 11.1 Å². The van der Waals surface area contributed by atoms with Gasteiger partial charge in [-0.3, -0.25) is 0 Å². The number of rotatable bonds is 6. The van der Waals surface area contributed by atoms with Gasteiger partial charge < -0.3 is 10.1 Å². The molecule has 2 nitrogen and oxygen atoms in total. The van der Waals surface area contributed by atoms with Crippen LogP contribution in [0.1, 0.15) is 29.7 Å². The zero-order valence-electron chi connectivity index (χ0n) is 12.8. The zero-order chi connectivity index (χ0) is 15.2. The van der Waals surface area contributed by atoms with Gasteiger partial charge in [-0.25, -0.2) is 0 Å². The van der Waals surface area contributed by atoms with Gasteiger partial charge in [0.05, 0.1) is 7.11 Å². The maximum atomic E-state index is 6.29. The Balaban J connectivity index is 2.28. The Labute approximate surface area is 132 Å². The van der Waals surface area contributed by atoms with E-state index in [4.69, 9.17) is 16.3 Å². The van der Waals surface area contributed by atoms with Crippen molar-refractivity contribution in [3.8, 4) is 5.75 Å². The lowest BCUT2D eigenvalue weighted by atomic mass is 9.97. The van der Waals surface area contributed by atoms with Crippen LogP contribution in [-0.2, 0) is 6.42 Å². The largest absolute Gasteiger partial charge is 0.496 e. The van der Waals surface area contributed by atoms with Crippen molar-refractivity contribution < 1.29 is 4.74 Å². The zero-order valence-corrected chi connectivity index (χ0v) is 13.6. The number of benzene rings is 2. The summed E-state index contributed by atoms with van der Waals surface area (Å²) < 4.78 is 5.43. The maximum Gasteiger partial charge on any atom is 0.122 e. The molecule has 0 bridgehead atoms. The third-order valence-corrected chi connectivity index (χ3v) is 4.04. The third kappa shape index (κ3) is 3.99. The third-order valence-electron chi connectivity index (χ3n) is 3.67. The van der Waals surface area contributed by atoms with Crippen molar-refractivity contribution >= 4 is 11.6 Å². The highest BCUT2D eigenvalue weighted by Gasteiger charge is 2.14. The average molecular weight is 304 g/mol. The molecule has 0 aliphatic heterocycles. The van der Waals surface area contributed by atoms with Gasteiger partial charge in [-0.2, -0.15) is 0 Å². The molecular weight excluding hydrogens is 282 g/mol. The van der Waals surface area contributed by atoms with Gasteiger partial charge in [0.2, 0.25) is 0 Å². The molecule has 0 radical (unpaired) electrons. The van der Waals surface area contributed by atoms with E-state index in [9.17, 15) is 0 Å². The summed E-state index contributed by atoms with van der Waals surface area (Å²) in [6.07, 6.45) is 0.861. The maximum absolute atomic E-state index is 6.29. The first-order chi connectivity index (χ1) is 10.2. The lowest BCUT2D eigenvalue weighted by molar-refractivity contribution is 0.410. The van der Waals surface area contributed by atoms with Gasteiger partial charge in [0.15, 0.2) is 0 Å². The summed E-state index contributed by atoms with van der Waals surface area (Å²) >= 11 is 6.29. The molecular formula is C18H22ClNO. The van der Waals surface area contributed by atoms with E-state index in [0.717, 1.165) is 34.9 Å². The highest BCUT2D eigenvalue weighted by Crippen LogP contribution is 2.27. The predicted molar refractivity (Wildman–Crippen MR) is 89.3 cm³/mol. The van der Waals surface area contributed by atoms with Crippen LogP contribution in [0.15, 0.2) is 42.5 Å². The summed E-state index contributed by atoms with van der Waals surface area (Å²) in [5.41, 5.74) is 3.53. The number of nitrogens with one attached hydrogen (secondary N) is 1. The van der Waals surface area contributed by atoms with Crippen LogP contribution < -0.4 is 10.1 Å². The van der Waals surface area contributed by atoms with Crippen molar-refractivity contribution in [3.63, 3.8) is 0 Å². The second-order valence-electron chi connectivity index (χ2n) is 5.13. The van der Waals surface area contributed by atoms with E-state index < -0.39 is 0 Å². The molecule has 21 heavy (non-hydrogen) atoms. The fourth-order valence-electron chi connectivity index (χ4n) is 2.49. The SMILES string of the molecule is CCNC(Cc1ccccc1Cl)c1ccc(C)c(OC)c1. The molecule has 1 N–H and O–H groups in total. The van der Waals surface area contributed by atoms with Crippen LogP contribution in [0.3, 0.4) is 0 Å². The molecule has 0 spiro atoms. The van der Waals surface area contributed by atoms with Crippen molar-refractivity contribution in [2.45, 2.75) is 26.3 Å². The van der Waals surface area contributed by atoms with Crippen LogP contribution >= 0.6 is 11.6 Å². The van der Waals surface area contributed by atoms with Crippen molar-refractivity contribution in [2.75, 3.05) is 13.7 Å². The molecule has 2 aromatic rings. The quantitative estimate of drug-likeness (QED) is 0.845. The monoisotopic (exact) mass is 303 g/mol. The molecule has 0 saturated heterocycles. The molecule has 0 aromatic heterocycles. The molecule has 3 heteroatoms. The lowest BCUT2D eigenvalue weighted by Crippen LogP contribution is -2.23. The summed E-state index contributed by atoms with van der Waals surface area (Å²) in [4.78, 5) is 0. The van der Waals surface area contributed by atoms with E-state index >= 15 is 0 Å². The fraction of sp³-hybridized carbons (Fsp3) is 0.333. The standard InChI is InChI=1S/C18H22ClNO/c1-4-20-17(11-14-7-5-6-8-16(14)19)15-10-9-13(2)18(12-15)21-3/h5-10,12,17,20H,4,11H2,1-3H3. The molecule has 0 aliphatic carbocycles. The predicted octanol–water partition coefficient (Wildman–Crippen LogP) is 4.55. The van der Waals surface area contributed by atoms with E-state index in [1.807, 2.05) is 18.2 Å². The first-order valence-corrected chi connectivity index (χ1v) is 7.64. The number of hydrogen-bond donors (Lipinski definition) is 1. The second kappa shape index (κ2) is 7.48. The minimum atomic E-state index is 0.226. The first kappa shape index (κ1) is 15.9. The highest BCUT2D eigenvalue weighted by atomic mass is 35.5. The summed E-state index contributed by atoms with van der Waals surface area (Å²) in [6.45, 7) is 5.08. The van der Waals surface area contributed by atoms with E-state index in [-0.39, 0.29) is 6.04 Å². The second-order valence-corrected chi connectivity index (χ2v) is 5.54. The number of methoxy groups -OCH3 is 1. The van der Waals surface area contributed by atoms with Gasteiger partial charge in [-0.15, -0.1) is 0 Å².